The number of aliphatic hydroxyl groups excluding tert-OH is 1. The van der Waals surface area contributed by atoms with Crippen LogP contribution in [0.1, 0.15) is 6.92 Å². The maximum absolute atomic E-state index is 11.9. The van der Waals surface area contributed by atoms with Gasteiger partial charge in [0.2, 0.25) is 10.0 Å². The summed E-state index contributed by atoms with van der Waals surface area (Å²) in [6.07, 6.45) is 0. The van der Waals surface area contributed by atoms with Crippen LogP contribution < -0.4 is 9.46 Å². The molecule has 0 bridgehead atoms. The Kier molecular flexibility index (Phi) is 4.93. The van der Waals surface area contributed by atoms with E-state index in [4.69, 9.17) is 9.84 Å². The molecule has 0 aliphatic rings. The van der Waals surface area contributed by atoms with Gasteiger partial charge in [0.15, 0.2) is 0 Å². The molecule has 1 aromatic rings. The van der Waals surface area contributed by atoms with Crippen molar-refractivity contribution in [1.29, 1.82) is 0 Å². The van der Waals surface area contributed by atoms with Crippen molar-refractivity contribution in [2.75, 3.05) is 13.7 Å². The lowest BCUT2D eigenvalue weighted by Gasteiger charge is -2.12. The van der Waals surface area contributed by atoms with Crippen molar-refractivity contribution >= 4 is 26.0 Å². The minimum atomic E-state index is -3.61. The van der Waals surface area contributed by atoms with Gasteiger partial charge in [-0.25, -0.2) is 13.1 Å². The van der Waals surface area contributed by atoms with Gasteiger partial charge in [0.25, 0.3) is 0 Å². The molecule has 1 aromatic carbocycles. The van der Waals surface area contributed by atoms with Crippen molar-refractivity contribution in [3.05, 3.63) is 22.7 Å². The van der Waals surface area contributed by atoms with Gasteiger partial charge >= 0.3 is 0 Å². The molecular weight excluding hydrogens is 310 g/mol. The SMILES string of the molecule is COc1ccc(S(=O)(=O)N[C@@H](C)CO)cc1Br. The smallest absolute Gasteiger partial charge is 0.240 e. The Morgan fingerprint density at radius 2 is 2.18 bits per heavy atom. The van der Waals surface area contributed by atoms with Crippen LogP contribution in [0, 0.1) is 0 Å². The maximum atomic E-state index is 11.9. The monoisotopic (exact) mass is 323 g/mol. The molecule has 1 rings (SSSR count). The fourth-order valence-electron chi connectivity index (χ4n) is 1.18. The van der Waals surface area contributed by atoms with Gasteiger partial charge < -0.3 is 9.84 Å². The van der Waals surface area contributed by atoms with Crippen molar-refractivity contribution in [3.8, 4) is 5.75 Å². The predicted molar refractivity (Wildman–Crippen MR) is 67.6 cm³/mol. The first-order chi connectivity index (χ1) is 7.90. The van der Waals surface area contributed by atoms with Gasteiger partial charge in [-0.15, -0.1) is 0 Å². The summed E-state index contributed by atoms with van der Waals surface area (Å²) in [7, 11) is -2.11. The Morgan fingerprint density at radius 3 is 2.65 bits per heavy atom. The number of aliphatic hydroxyl groups is 1. The molecule has 0 aromatic heterocycles. The van der Waals surface area contributed by atoms with E-state index in [0.29, 0.717) is 10.2 Å². The van der Waals surface area contributed by atoms with Gasteiger partial charge in [0, 0.05) is 6.04 Å². The van der Waals surface area contributed by atoms with Gasteiger partial charge in [-0.2, -0.15) is 0 Å². The molecule has 0 spiro atoms. The second-order valence-electron chi connectivity index (χ2n) is 3.50. The van der Waals surface area contributed by atoms with Crippen molar-refractivity contribution in [1.82, 2.24) is 4.72 Å². The summed E-state index contributed by atoms with van der Waals surface area (Å²) in [5, 5.41) is 8.83. The molecular formula is C10H14BrNO4S. The third kappa shape index (κ3) is 3.67. The number of methoxy groups -OCH3 is 1. The fourth-order valence-corrected chi connectivity index (χ4v) is 3.14. The highest BCUT2D eigenvalue weighted by molar-refractivity contribution is 9.10. The van der Waals surface area contributed by atoms with Crippen molar-refractivity contribution in [2.24, 2.45) is 0 Å². The second-order valence-corrected chi connectivity index (χ2v) is 6.07. The molecule has 5 nitrogen and oxygen atoms in total. The normalized spacial score (nSPS) is 13.4. The zero-order valence-corrected chi connectivity index (χ0v) is 11.9. The van der Waals surface area contributed by atoms with Crippen LogP contribution in [0.5, 0.6) is 5.75 Å². The average molecular weight is 324 g/mol. The van der Waals surface area contributed by atoms with Crippen molar-refractivity contribution in [2.45, 2.75) is 17.9 Å². The Labute approximate surface area is 109 Å². The second kappa shape index (κ2) is 5.81. The van der Waals surface area contributed by atoms with Gasteiger partial charge in [-0.1, -0.05) is 0 Å². The van der Waals surface area contributed by atoms with E-state index in [0.717, 1.165) is 0 Å². The van der Waals surface area contributed by atoms with E-state index in [2.05, 4.69) is 20.7 Å². The van der Waals surface area contributed by atoms with E-state index in [1.54, 1.807) is 13.0 Å². The summed E-state index contributed by atoms with van der Waals surface area (Å²) in [5.41, 5.74) is 0. The summed E-state index contributed by atoms with van der Waals surface area (Å²) < 4.78 is 31.7. The summed E-state index contributed by atoms with van der Waals surface area (Å²) in [6, 6.07) is 3.92. The highest BCUT2D eigenvalue weighted by atomic mass is 79.9. The van der Waals surface area contributed by atoms with Crippen LogP contribution in [0.3, 0.4) is 0 Å². The molecule has 17 heavy (non-hydrogen) atoms. The molecule has 0 saturated carbocycles. The molecule has 0 radical (unpaired) electrons. The van der Waals surface area contributed by atoms with Gasteiger partial charge in [-0.05, 0) is 41.1 Å². The van der Waals surface area contributed by atoms with Crippen LogP contribution >= 0.6 is 15.9 Å². The lowest BCUT2D eigenvalue weighted by atomic mass is 10.3. The molecule has 0 fully saturated rings. The summed E-state index contributed by atoms with van der Waals surface area (Å²) >= 11 is 3.22. The first kappa shape index (κ1) is 14.4. The van der Waals surface area contributed by atoms with E-state index in [1.165, 1.54) is 19.2 Å². The van der Waals surface area contributed by atoms with Crippen LogP contribution in [0.2, 0.25) is 0 Å². The van der Waals surface area contributed by atoms with Crippen LogP contribution in [-0.2, 0) is 10.0 Å². The number of hydrogen-bond acceptors (Lipinski definition) is 4. The number of rotatable bonds is 5. The summed E-state index contributed by atoms with van der Waals surface area (Å²) in [5.74, 6) is 0.555. The third-order valence-corrected chi connectivity index (χ3v) is 4.27. The molecule has 0 unspecified atom stereocenters. The van der Waals surface area contributed by atoms with Gasteiger partial charge in [-0.3, -0.25) is 0 Å². The molecule has 0 aliphatic heterocycles. The first-order valence-electron chi connectivity index (χ1n) is 4.87. The minimum Gasteiger partial charge on any atom is -0.496 e. The number of halogens is 1. The Balaban J connectivity index is 3.04. The number of nitrogens with one attached hydrogen (secondary N) is 1. The van der Waals surface area contributed by atoms with E-state index in [9.17, 15) is 8.42 Å². The zero-order chi connectivity index (χ0) is 13.1. The Morgan fingerprint density at radius 1 is 1.53 bits per heavy atom. The Hall–Kier alpha value is -0.630. The molecule has 0 aliphatic carbocycles. The predicted octanol–water partition coefficient (Wildman–Crippen LogP) is 1.12. The minimum absolute atomic E-state index is 0.116. The number of sulfonamides is 1. The lowest BCUT2D eigenvalue weighted by Crippen LogP contribution is -2.34. The highest BCUT2D eigenvalue weighted by Crippen LogP contribution is 2.27. The molecule has 2 N–H and O–H groups in total. The van der Waals surface area contributed by atoms with Crippen LogP contribution in [0.4, 0.5) is 0 Å². The third-order valence-electron chi connectivity index (χ3n) is 2.06. The number of ether oxygens (including phenoxy) is 1. The first-order valence-corrected chi connectivity index (χ1v) is 7.15. The standard InChI is InChI=1S/C10H14BrNO4S/c1-7(6-13)12-17(14,15)8-3-4-10(16-2)9(11)5-8/h3-5,7,12-13H,6H2,1-2H3/t7-/m0/s1. The van der Waals surface area contributed by atoms with Gasteiger partial charge in [0.05, 0.1) is 23.1 Å². The Bertz CT molecular complexity index is 489. The maximum Gasteiger partial charge on any atom is 0.240 e. The van der Waals surface area contributed by atoms with E-state index in [-0.39, 0.29) is 11.5 Å². The average Bonchev–Trinajstić information content (AvgIpc) is 2.28. The fraction of sp³-hybridized carbons (Fsp3) is 0.400. The van der Waals surface area contributed by atoms with Gasteiger partial charge in [0.1, 0.15) is 5.75 Å². The largest absolute Gasteiger partial charge is 0.496 e. The highest BCUT2D eigenvalue weighted by Gasteiger charge is 2.18. The lowest BCUT2D eigenvalue weighted by molar-refractivity contribution is 0.265. The van der Waals surface area contributed by atoms with E-state index < -0.39 is 16.1 Å². The molecule has 0 saturated heterocycles. The van der Waals surface area contributed by atoms with Crippen molar-refractivity contribution < 1.29 is 18.3 Å². The summed E-state index contributed by atoms with van der Waals surface area (Å²) in [6.45, 7) is 1.33. The molecule has 0 amide bonds. The topological polar surface area (TPSA) is 75.6 Å². The van der Waals surface area contributed by atoms with Crippen LogP contribution in [0.15, 0.2) is 27.6 Å². The van der Waals surface area contributed by atoms with Crippen LogP contribution in [-0.4, -0.2) is 33.3 Å². The van der Waals surface area contributed by atoms with Crippen LogP contribution in [0.25, 0.3) is 0 Å². The van der Waals surface area contributed by atoms with E-state index in [1.807, 2.05) is 0 Å². The molecule has 1 atom stereocenters. The quantitative estimate of drug-likeness (QED) is 0.851. The molecule has 0 heterocycles. The molecule has 96 valence electrons. The number of benzene rings is 1. The van der Waals surface area contributed by atoms with E-state index >= 15 is 0 Å². The zero-order valence-electron chi connectivity index (χ0n) is 9.47. The number of hydrogen-bond donors (Lipinski definition) is 2. The molecule has 7 heteroatoms. The van der Waals surface area contributed by atoms with Crippen molar-refractivity contribution in [3.63, 3.8) is 0 Å². The summed E-state index contributed by atoms with van der Waals surface area (Å²) in [4.78, 5) is 0.116.